The quantitative estimate of drug-likeness (QED) is 0.861. The molecular weight excluding hydrogens is 258 g/mol. The molecule has 0 aliphatic rings. The first kappa shape index (κ1) is 13.6. The molecule has 20 heavy (non-hydrogen) atoms. The topological polar surface area (TPSA) is 109 Å². The van der Waals surface area contributed by atoms with Gasteiger partial charge in [-0.1, -0.05) is 12.1 Å². The van der Waals surface area contributed by atoms with Gasteiger partial charge in [0.05, 0.1) is 14.2 Å². The van der Waals surface area contributed by atoms with Crippen LogP contribution < -0.4 is 20.9 Å². The maximum absolute atomic E-state index is 5.50. The van der Waals surface area contributed by atoms with Gasteiger partial charge in [-0.15, -0.1) is 0 Å². The predicted octanol–water partition coefficient (Wildman–Crippen LogP) is 1.22. The molecule has 0 radical (unpaired) electrons. The smallest absolute Gasteiger partial charge is 0.225 e. The van der Waals surface area contributed by atoms with Crippen LogP contribution in [-0.4, -0.2) is 29.2 Å². The van der Waals surface area contributed by atoms with Crippen molar-refractivity contribution in [2.24, 2.45) is 0 Å². The van der Waals surface area contributed by atoms with Crippen molar-refractivity contribution in [3.8, 4) is 11.5 Å². The van der Waals surface area contributed by atoms with E-state index in [2.05, 4.69) is 15.0 Å². The summed E-state index contributed by atoms with van der Waals surface area (Å²) in [5, 5.41) is 0. The van der Waals surface area contributed by atoms with Crippen molar-refractivity contribution in [2.45, 2.75) is 0 Å². The second-order valence-electron chi connectivity index (χ2n) is 3.86. The number of nitrogens with two attached hydrogens (primary N) is 2. The molecule has 1 heterocycles. The summed E-state index contributed by atoms with van der Waals surface area (Å²) in [5.74, 6) is 1.88. The summed E-state index contributed by atoms with van der Waals surface area (Å²) in [6.07, 6.45) is 3.51. The molecule has 0 spiro atoms. The molecule has 0 bridgehead atoms. The van der Waals surface area contributed by atoms with Gasteiger partial charge < -0.3 is 20.9 Å². The molecule has 0 unspecified atom stereocenters. The Bertz CT molecular complexity index is 622. The molecule has 0 aliphatic heterocycles. The minimum absolute atomic E-state index is 0.0875. The van der Waals surface area contributed by atoms with Gasteiger partial charge in [-0.2, -0.15) is 15.0 Å². The lowest BCUT2D eigenvalue weighted by Crippen LogP contribution is -2.04. The lowest BCUT2D eigenvalue weighted by atomic mass is 10.2. The number of nitrogens with zero attached hydrogens (tertiary/aromatic N) is 3. The summed E-state index contributed by atoms with van der Waals surface area (Å²) in [6.45, 7) is 0. The molecule has 4 N–H and O–H groups in total. The second-order valence-corrected chi connectivity index (χ2v) is 3.86. The second kappa shape index (κ2) is 5.87. The van der Waals surface area contributed by atoms with Gasteiger partial charge in [-0.05, 0) is 23.8 Å². The van der Waals surface area contributed by atoms with E-state index in [1.165, 1.54) is 0 Å². The van der Waals surface area contributed by atoms with Crippen molar-refractivity contribution in [3.05, 3.63) is 29.6 Å². The van der Waals surface area contributed by atoms with Crippen molar-refractivity contribution < 1.29 is 9.47 Å². The molecular formula is C13H15N5O2. The fourth-order valence-electron chi connectivity index (χ4n) is 1.63. The molecule has 0 amide bonds. The molecule has 0 aliphatic carbocycles. The summed E-state index contributed by atoms with van der Waals surface area (Å²) in [6, 6.07) is 5.53. The van der Waals surface area contributed by atoms with E-state index in [1.807, 2.05) is 24.3 Å². The SMILES string of the molecule is COc1ccc(/C=C/c2nc(N)nc(N)n2)cc1OC. The van der Waals surface area contributed by atoms with Crippen molar-refractivity contribution in [2.75, 3.05) is 25.7 Å². The van der Waals surface area contributed by atoms with Gasteiger partial charge in [0.25, 0.3) is 0 Å². The van der Waals surface area contributed by atoms with E-state index in [1.54, 1.807) is 20.3 Å². The third-order valence-corrected chi connectivity index (χ3v) is 2.52. The average Bonchev–Trinajstić information content (AvgIpc) is 2.43. The fourth-order valence-corrected chi connectivity index (χ4v) is 1.63. The molecule has 2 aromatic rings. The Balaban J connectivity index is 2.27. The van der Waals surface area contributed by atoms with Crippen LogP contribution >= 0.6 is 0 Å². The zero-order valence-corrected chi connectivity index (χ0v) is 11.2. The van der Waals surface area contributed by atoms with Crippen LogP contribution in [0, 0.1) is 0 Å². The standard InChI is InChI=1S/C13H15N5O2/c1-19-9-5-3-8(7-10(9)20-2)4-6-11-16-12(14)18-13(15)17-11/h3-7H,1-2H3,(H4,14,15,16,17,18)/b6-4+. The Morgan fingerprint density at radius 3 is 2.15 bits per heavy atom. The van der Waals surface area contributed by atoms with E-state index < -0.39 is 0 Å². The van der Waals surface area contributed by atoms with Crippen LogP contribution in [0.5, 0.6) is 11.5 Å². The molecule has 0 atom stereocenters. The van der Waals surface area contributed by atoms with Crippen LogP contribution in [-0.2, 0) is 0 Å². The summed E-state index contributed by atoms with van der Waals surface area (Å²) < 4.78 is 10.4. The maximum atomic E-state index is 5.50. The molecule has 2 rings (SSSR count). The normalized spacial score (nSPS) is 10.7. The summed E-state index contributed by atoms with van der Waals surface area (Å²) in [7, 11) is 3.17. The third kappa shape index (κ3) is 3.14. The van der Waals surface area contributed by atoms with Crippen molar-refractivity contribution in [3.63, 3.8) is 0 Å². The molecule has 0 saturated carbocycles. The van der Waals surface area contributed by atoms with Crippen molar-refractivity contribution in [1.82, 2.24) is 15.0 Å². The first-order chi connectivity index (χ1) is 9.62. The van der Waals surface area contributed by atoms with Crippen molar-refractivity contribution in [1.29, 1.82) is 0 Å². The highest BCUT2D eigenvalue weighted by atomic mass is 16.5. The molecule has 0 fully saturated rings. The van der Waals surface area contributed by atoms with E-state index in [0.717, 1.165) is 5.56 Å². The Morgan fingerprint density at radius 2 is 1.55 bits per heavy atom. The number of benzene rings is 1. The van der Waals surface area contributed by atoms with Gasteiger partial charge in [0.1, 0.15) is 0 Å². The van der Waals surface area contributed by atoms with E-state index >= 15 is 0 Å². The number of rotatable bonds is 4. The summed E-state index contributed by atoms with van der Waals surface area (Å²) >= 11 is 0. The van der Waals surface area contributed by atoms with Crippen LogP contribution in [0.2, 0.25) is 0 Å². The van der Waals surface area contributed by atoms with Gasteiger partial charge in [0, 0.05) is 0 Å². The van der Waals surface area contributed by atoms with Crippen molar-refractivity contribution >= 4 is 24.0 Å². The maximum Gasteiger partial charge on any atom is 0.225 e. The van der Waals surface area contributed by atoms with Gasteiger partial charge >= 0.3 is 0 Å². The van der Waals surface area contributed by atoms with Crippen LogP contribution in [0.25, 0.3) is 12.2 Å². The Hall–Kier alpha value is -2.83. The number of ether oxygens (including phenoxy) is 2. The van der Waals surface area contributed by atoms with Crippen LogP contribution in [0.3, 0.4) is 0 Å². The van der Waals surface area contributed by atoms with Gasteiger partial charge in [-0.3, -0.25) is 0 Å². The highest BCUT2D eigenvalue weighted by Crippen LogP contribution is 2.28. The minimum atomic E-state index is 0.0875. The molecule has 0 saturated heterocycles. The first-order valence-corrected chi connectivity index (χ1v) is 5.79. The number of hydrogen-bond donors (Lipinski definition) is 2. The summed E-state index contributed by atoms with van der Waals surface area (Å²) in [5.41, 5.74) is 11.9. The van der Waals surface area contributed by atoms with E-state index in [-0.39, 0.29) is 11.9 Å². The first-order valence-electron chi connectivity index (χ1n) is 5.79. The number of methoxy groups -OCH3 is 2. The monoisotopic (exact) mass is 273 g/mol. The Labute approximate surface area is 116 Å². The Kier molecular flexibility index (Phi) is 3.99. The molecule has 7 nitrogen and oxygen atoms in total. The predicted molar refractivity (Wildman–Crippen MR) is 77.1 cm³/mol. The molecule has 104 valence electrons. The van der Waals surface area contributed by atoms with E-state index in [0.29, 0.717) is 17.3 Å². The van der Waals surface area contributed by atoms with Gasteiger partial charge in [0.15, 0.2) is 17.3 Å². The molecule has 7 heteroatoms. The minimum Gasteiger partial charge on any atom is -0.493 e. The fraction of sp³-hybridized carbons (Fsp3) is 0.154. The lowest BCUT2D eigenvalue weighted by molar-refractivity contribution is 0.355. The van der Waals surface area contributed by atoms with Gasteiger partial charge in [0.2, 0.25) is 11.9 Å². The largest absolute Gasteiger partial charge is 0.493 e. The molecule has 1 aromatic carbocycles. The third-order valence-electron chi connectivity index (χ3n) is 2.52. The summed E-state index contributed by atoms with van der Waals surface area (Å²) in [4.78, 5) is 11.6. The average molecular weight is 273 g/mol. The van der Waals surface area contributed by atoms with E-state index in [4.69, 9.17) is 20.9 Å². The zero-order chi connectivity index (χ0) is 14.5. The number of anilines is 2. The zero-order valence-electron chi connectivity index (χ0n) is 11.2. The highest BCUT2D eigenvalue weighted by Gasteiger charge is 2.03. The van der Waals surface area contributed by atoms with Gasteiger partial charge in [-0.25, -0.2) is 0 Å². The lowest BCUT2D eigenvalue weighted by Gasteiger charge is -2.07. The van der Waals surface area contributed by atoms with Crippen LogP contribution in [0.4, 0.5) is 11.9 Å². The number of nitrogen functional groups attached to an aromatic ring is 2. The van der Waals surface area contributed by atoms with Crippen LogP contribution in [0.1, 0.15) is 11.4 Å². The highest BCUT2D eigenvalue weighted by molar-refractivity contribution is 5.68. The Morgan fingerprint density at radius 1 is 0.900 bits per heavy atom. The van der Waals surface area contributed by atoms with Crippen LogP contribution in [0.15, 0.2) is 18.2 Å². The number of hydrogen-bond acceptors (Lipinski definition) is 7. The molecule has 1 aromatic heterocycles. The number of aromatic nitrogens is 3. The van der Waals surface area contributed by atoms with E-state index in [9.17, 15) is 0 Å².